The summed E-state index contributed by atoms with van der Waals surface area (Å²) in [5, 5.41) is 8.53. The van der Waals surface area contributed by atoms with Gasteiger partial charge in [0.1, 0.15) is 0 Å². The van der Waals surface area contributed by atoms with Gasteiger partial charge in [-0.25, -0.2) is 0 Å². The lowest BCUT2D eigenvalue weighted by atomic mass is 10.0. The maximum absolute atomic E-state index is 10.7. The molecule has 0 bridgehead atoms. The molecule has 0 fully saturated rings. The van der Waals surface area contributed by atoms with Crippen molar-refractivity contribution in [2.75, 3.05) is 0 Å². The van der Waals surface area contributed by atoms with E-state index in [-0.39, 0.29) is 5.92 Å². The van der Waals surface area contributed by atoms with Gasteiger partial charge in [-0.05, 0) is 6.07 Å². The SMILES string of the molecule is N#C[C](C(N)=O)c1cccnc1. The number of carbonyl (C=O) groups is 1. The first-order valence-electron chi connectivity index (χ1n) is 3.23. The number of hydrogen-bond donors (Lipinski definition) is 1. The first-order chi connectivity index (χ1) is 5.75. The van der Waals surface area contributed by atoms with Crippen molar-refractivity contribution in [2.24, 2.45) is 5.73 Å². The lowest BCUT2D eigenvalue weighted by Crippen LogP contribution is -2.20. The Bertz CT molecular complexity index is 315. The molecule has 1 aromatic heterocycles. The second-order valence-corrected chi connectivity index (χ2v) is 2.09. The van der Waals surface area contributed by atoms with Crippen LogP contribution in [0.5, 0.6) is 0 Å². The van der Waals surface area contributed by atoms with Gasteiger partial charge in [-0.1, -0.05) is 6.07 Å². The molecule has 0 spiro atoms. The zero-order valence-electron chi connectivity index (χ0n) is 6.19. The van der Waals surface area contributed by atoms with Crippen LogP contribution in [0.1, 0.15) is 5.56 Å². The molecule has 2 N–H and O–H groups in total. The van der Waals surface area contributed by atoms with Crippen LogP contribution >= 0.6 is 0 Å². The van der Waals surface area contributed by atoms with E-state index in [1.54, 1.807) is 24.4 Å². The molecule has 4 nitrogen and oxygen atoms in total. The fraction of sp³-hybridized carbons (Fsp3) is 0. The van der Waals surface area contributed by atoms with Gasteiger partial charge in [-0.3, -0.25) is 9.78 Å². The quantitative estimate of drug-likeness (QED) is 0.661. The highest BCUT2D eigenvalue weighted by atomic mass is 16.1. The van der Waals surface area contributed by atoms with Crippen LogP contribution in [0.3, 0.4) is 0 Å². The van der Waals surface area contributed by atoms with Crippen molar-refractivity contribution in [2.45, 2.75) is 0 Å². The maximum Gasteiger partial charge on any atom is 0.245 e. The van der Waals surface area contributed by atoms with Crippen LogP contribution in [0.2, 0.25) is 0 Å². The molecule has 4 heteroatoms. The molecule has 0 atom stereocenters. The molecule has 1 rings (SSSR count). The molecule has 0 aliphatic rings. The largest absolute Gasteiger partial charge is 0.368 e. The molecule has 59 valence electrons. The van der Waals surface area contributed by atoms with E-state index in [9.17, 15) is 4.79 Å². The molecule has 12 heavy (non-hydrogen) atoms. The van der Waals surface area contributed by atoms with Gasteiger partial charge in [-0.2, -0.15) is 5.26 Å². The highest BCUT2D eigenvalue weighted by Crippen LogP contribution is 2.10. The Morgan fingerprint density at radius 1 is 1.67 bits per heavy atom. The summed E-state index contributed by atoms with van der Waals surface area (Å²) in [7, 11) is 0. The molecule has 0 saturated carbocycles. The number of nitriles is 1. The van der Waals surface area contributed by atoms with E-state index in [1.807, 2.05) is 0 Å². The summed E-state index contributed by atoms with van der Waals surface area (Å²) < 4.78 is 0. The van der Waals surface area contributed by atoms with Gasteiger partial charge in [0.15, 0.2) is 5.92 Å². The third-order valence-electron chi connectivity index (χ3n) is 1.31. The third-order valence-corrected chi connectivity index (χ3v) is 1.31. The topological polar surface area (TPSA) is 79.8 Å². The van der Waals surface area contributed by atoms with Gasteiger partial charge >= 0.3 is 0 Å². The van der Waals surface area contributed by atoms with Crippen LogP contribution in [0.25, 0.3) is 0 Å². The van der Waals surface area contributed by atoms with Crippen LogP contribution in [0.15, 0.2) is 24.5 Å². The fourth-order valence-corrected chi connectivity index (χ4v) is 0.773. The second-order valence-electron chi connectivity index (χ2n) is 2.09. The summed E-state index contributed by atoms with van der Waals surface area (Å²) in [5.41, 5.74) is 5.40. The number of primary amides is 1. The van der Waals surface area contributed by atoms with E-state index >= 15 is 0 Å². The fourth-order valence-electron chi connectivity index (χ4n) is 0.773. The van der Waals surface area contributed by atoms with Crippen molar-refractivity contribution >= 4 is 5.91 Å². The number of nitrogens with zero attached hydrogens (tertiary/aromatic N) is 2. The first kappa shape index (κ1) is 8.21. The average Bonchev–Trinajstić information content (AvgIpc) is 2.07. The zero-order chi connectivity index (χ0) is 8.97. The lowest BCUT2D eigenvalue weighted by Gasteiger charge is -2.00. The van der Waals surface area contributed by atoms with Gasteiger partial charge < -0.3 is 5.73 Å². The molecule has 1 heterocycles. The van der Waals surface area contributed by atoms with Crippen LogP contribution in [0.4, 0.5) is 0 Å². The van der Waals surface area contributed by atoms with E-state index in [2.05, 4.69) is 4.98 Å². The standard InChI is InChI=1S/C8H6N3O/c9-4-7(8(10)12)6-2-1-3-11-5-6/h1-3,5H,(H2,10,12). The van der Waals surface area contributed by atoms with Gasteiger partial charge in [0, 0.05) is 18.0 Å². The summed E-state index contributed by atoms with van der Waals surface area (Å²) in [6, 6.07) is 4.96. The van der Waals surface area contributed by atoms with E-state index in [1.165, 1.54) is 6.20 Å². The summed E-state index contributed by atoms with van der Waals surface area (Å²) in [5.74, 6) is -0.798. The van der Waals surface area contributed by atoms with Crippen LogP contribution in [-0.2, 0) is 4.79 Å². The number of rotatable bonds is 2. The normalized spacial score (nSPS) is 9.33. The lowest BCUT2D eigenvalue weighted by molar-refractivity contribution is -0.115. The highest BCUT2D eigenvalue weighted by Gasteiger charge is 2.17. The monoisotopic (exact) mass is 160 g/mol. The Labute approximate surface area is 69.6 Å². The van der Waals surface area contributed by atoms with Crippen LogP contribution in [0, 0.1) is 17.2 Å². The van der Waals surface area contributed by atoms with E-state index in [0.717, 1.165) is 0 Å². The number of hydrogen-bond acceptors (Lipinski definition) is 3. The van der Waals surface area contributed by atoms with Crippen LogP contribution < -0.4 is 5.73 Å². The van der Waals surface area contributed by atoms with E-state index < -0.39 is 5.91 Å². The molecular weight excluding hydrogens is 154 g/mol. The maximum atomic E-state index is 10.7. The Hall–Kier alpha value is -1.89. The Morgan fingerprint density at radius 2 is 2.42 bits per heavy atom. The van der Waals surface area contributed by atoms with Crippen molar-refractivity contribution in [3.05, 3.63) is 36.0 Å². The van der Waals surface area contributed by atoms with E-state index in [4.69, 9.17) is 11.0 Å². The van der Waals surface area contributed by atoms with Gasteiger partial charge in [0.2, 0.25) is 5.91 Å². The number of nitrogens with two attached hydrogens (primary N) is 1. The third kappa shape index (κ3) is 1.58. The van der Waals surface area contributed by atoms with Gasteiger partial charge in [0.05, 0.1) is 6.07 Å². The predicted molar refractivity (Wildman–Crippen MR) is 41.4 cm³/mol. The molecule has 0 saturated heterocycles. The number of carbonyl (C=O) groups excluding carboxylic acids is 1. The second kappa shape index (κ2) is 3.49. The zero-order valence-corrected chi connectivity index (χ0v) is 6.19. The number of amides is 1. The average molecular weight is 160 g/mol. The molecule has 0 aliphatic heterocycles. The van der Waals surface area contributed by atoms with E-state index in [0.29, 0.717) is 5.56 Å². The molecule has 1 radical (unpaired) electrons. The van der Waals surface area contributed by atoms with Crippen LogP contribution in [-0.4, -0.2) is 10.9 Å². The molecule has 1 amide bonds. The van der Waals surface area contributed by atoms with Crippen molar-refractivity contribution in [1.82, 2.24) is 4.98 Å². The van der Waals surface area contributed by atoms with Gasteiger partial charge in [-0.15, -0.1) is 0 Å². The minimum Gasteiger partial charge on any atom is -0.368 e. The Morgan fingerprint density at radius 3 is 2.83 bits per heavy atom. The summed E-state index contributed by atoms with van der Waals surface area (Å²) in [4.78, 5) is 14.4. The minimum absolute atomic E-state index is 0.0666. The first-order valence-corrected chi connectivity index (χ1v) is 3.23. The van der Waals surface area contributed by atoms with Crippen molar-refractivity contribution in [3.63, 3.8) is 0 Å². The molecule has 1 aromatic rings. The summed E-state index contributed by atoms with van der Waals surface area (Å²) >= 11 is 0. The number of aromatic nitrogens is 1. The molecule has 0 aromatic carbocycles. The van der Waals surface area contributed by atoms with Gasteiger partial charge in [0.25, 0.3) is 0 Å². The van der Waals surface area contributed by atoms with Crippen molar-refractivity contribution in [1.29, 1.82) is 5.26 Å². The summed E-state index contributed by atoms with van der Waals surface area (Å²) in [6.45, 7) is 0. The Kier molecular flexibility index (Phi) is 2.38. The molecule has 0 aliphatic carbocycles. The summed E-state index contributed by atoms with van der Waals surface area (Å²) in [6.07, 6.45) is 2.98. The minimum atomic E-state index is -0.731. The highest BCUT2D eigenvalue weighted by molar-refractivity contribution is 5.96. The van der Waals surface area contributed by atoms with Crippen molar-refractivity contribution in [3.8, 4) is 6.07 Å². The predicted octanol–water partition coefficient (Wildman–Crippen LogP) is 0.0131. The smallest absolute Gasteiger partial charge is 0.245 e. The molecule has 0 unspecified atom stereocenters. The van der Waals surface area contributed by atoms with Crippen molar-refractivity contribution < 1.29 is 4.79 Å². The molecular formula is C8H6N3O. The Balaban J connectivity index is 2.98. The number of pyridine rings is 1.